The molecule has 1 amide bonds. The maximum Gasteiger partial charge on any atom is 0.251 e. The summed E-state index contributed by atoms with van der Waals surface area (Å²) >= 11 is 0. The Labute approximate surface area is 164 Å². The molecule has 1 fully saturated rings. The van der Waals surface area contributed by atoms with Gasteiger partial charge in [0.05, 0.1) is 12.0 Å². The molecule has 1 aliphatic heterocycles. The van der Waals surface area contributed by atoms with Gasteiger partial charge in [-0.15, -0.1) is 0 Å². The molecule has 0 atom stereocenters. The standard InChI is InChI=1S/C21H24N6O/c1-16-14-19(25-21(24-16)27-10-2-3-11-27)17-4-6-18(7-5-17)20(28)23-9-13-26-12-8-22-15-26/h4-8,12,14-15H,2-3,9-11,13H2,1H3,(H,23,28). The van der Waals surface area contributed by atoms with Crippen LogP contribution in [0.15, 0.2) is 49.1 Å². The van der Waals surface area contributed by atoms with E-state index in [1.54, 1.807) is 12.5 Å². The van der Waals surface area contributed by atoms with E-state index >= 15 is 0 Å². The molecule has 0 aliphatic carbocycles. The van der Waals surface area contributed by atoms with Crippen molar-refractivity contribution in [1.82, 2.24) is 24.8 Å². The molecule has 0 spiro atoms. The zero-order valence-electron chi connectivity index (χ0n) is 16.0. The molecule has 7 nitrogen and oxygen atoms in total. The van der Waals surface area contributed by atoms with Gasteiger partial charge in [-0.1, -0.05) is 12.1 Å². The Bertz CT molecular complexity index is 930. The highest BCUT2D eigenvalue weighted by atomic mass is 16.1. The van der Waals surface area contributed by atoms with Gasteiger partial charge in [-0.05, 0) is 38.0 Å². The Hall–Kier alpha value is -3.22. The van der Waals surface area contributed by atoms with Crippen molar-refractivity contribution in [3.63, 3.8) is 0 Å². The summed E-state index contributed by atoms with van der Waals surface area (Å²) in [5.41, 5.74) is 3.47. The smallest absolute Gasteiger partial charge is 0.251 e. The highest BCUT2D eigenvalue weighted by molar-refractivity contribution is 5.94. The Balaban J connectivity index is 1.43. The fraction of sp³-hybridized carbons (Fsp3) is 0.333. The molecule has 7 heteroatoms. The van der Waals surface area contributed by atoms with Crippen molar-refractivity contribution in [2.45, 2.75) is 26.3 Å². The molecule has 144 valence electrons. The number of benzene rings is 1. The van der Waals surface area contributed by atoms with Crippen LogP contribution in [0.25, 0.3) is 11.3 Å². The van der Waals surface area contributed by atoms with Gasteiger partial charge < -0.3 is 14.8 Å². The summed E-state index contributed by atoms with van der Waals surface area (Å²) in [6.45, 7) is 5.28. The van der Waals surface area contributed by atoms with Gasteiger partial charge >= 0.3 is 0 Å². The highest BCUT2D eigenvalue weighted by Crippen LogP contribution is 2.23. The van der Waals surface area contributed by atoms with Gasteiger partial charge in [0, 0.05) is 55.4 Å². The van der Waals surface area contributed by atoms with Crippen LogP contribution >= 0.6 is 0 Å². The number of hydrogen-bond donors (Lipinski definition) is 1. The van der Waals surface area contributed by atoms with Crippen molar-refractivity contribution in [2.24, 2.45) is 0 Å². The molecule has 0 bridgehead atoms. The zero-order chi connectivity index (χ0) is 19.3. The van der Waals surface area contributed by atoms with Gasteiger partial charge in [0.15, 0.2) is 0 Å². The number of carbonyl (C=O) groups excluding carboxylic acids is 1. The van der Waals surface area contributed by atoms with Crippen molar-refractivity contribution in [1.29, 1.82) is 0 Å². The van der Waals surface area contributed by atoms with Gasteiger partial charge in [-0.2, -0.15) is 0 Å². The van der Waals surface area contributed by atoms with E-state index < -0.39 is 0 Å². The fourth-order valence-electron chi connectivity index (χ4n) is 3.37. The quantitative estimate of drug-likeness (QED) is 0.716. The van der Waals surface area contributed by atoms with E-state index in [-0.39, 0.29) is 5.91 Å². The number of anilines is 1. The van der Waals surface area contributed by atoms with E-state index in [1.807, 2.05) is 48.0 Å². The average molecular weight is 376 g/mol. The van der Waals surface area contributed by atoms with Gasteiger partial charge in [0.1, 0.15) is 0 Å². The van der Waals surface area contributed by atoms with E-state index in [0.717, 1.165) is 36.0 Å². The van der Waals surface area contributed by atoms with E-state index in [4.69, 9.17) is 4.98 Å². The summed E-state index contributed by atoms with van der Waals surface area (Å²) in [7, 11) is 0. The van der Waals surface area contributed by atoms with Crippen LogP contribution in [0.2, 0.25) is 0 Å². The van der Waals surface area contributed by atoms with E-state index in [9.17, 15) is 4.79 Å². The molecule has 1 N–H and O–H groups in total. The van der Waals surface area contributed by atoms with Crippen molar-refractivity contribution < 1.29 is 4.79 Å². The summed E-state index contributed by atoms with van der Waals surface area (Å²) < 4.78 is 1.93. The molecule has 28 heavy (non-hydrogen) atoms. The fourth-order valence-corrected chi connectivity index (χ4v) is 3.37. The summed E-state index contributed by atoms with van der Waals surface area (Å²) in [5, 5.41) is 2.93. The number of aryl methyl sites for hydroxylation is 1. The number of hydrogen-bond acceptors (Lipinski definition) is 5. The van der Waals surface area contributed by atoms with Crippen LogP contribution in [0.5, 0.6) is 0 Å². The number of nitrogens with zero attached hydrogens (tertiary/aromatic N) is 5. The largest absolute Gasteiger partial charge is 0.350 e. The predicted octanol–water partition coefficient (Wildman–Crippen LogP) is 2.68. The lowest BCUT2D eigenvalue weighted by Gasteiger charge is -2.16. The van der Waals surface area contributed by atoms with Crippen LogP contribution in [-0.2, 0) is 6.54 Å². The maximum absolute atomic E-state index is 12.3. The van der Waals surface area contributed by atoms with Crippen LogP contribution in [0.4, 0.5) is 5.95 Å². The second-order valence-electron chi connectivity index (χ2n) is 7.02. The number of rotatable bonds is 6. The van der Waals surface area contributed by atoms with Crippen LogP contribution in [0, 0.1) is 6.92 Å². The lowest BCUT2D eigenvalue weighted by Crippen LogP contribution is -2.26. The molecule has 0 saturated carbocycles. The van der Waals surface area contributed by atoms with E-state index in [2.05, 4.69) is 20.2 Å². The molecule has 3 heterocycles. The second-order valence-corrected chi connectivity index (χ2v) is 7.02. The van der Waals surface area contributed by atoms with E-state index in [0.29, 0.717) is 18.7 Å². The number of carbonyl (C=O) groups is 1. The van der Waals surface area contributed by atoms with Crippen molar-refractivity contribution in [2.75, 3.05) is 24.5 Å². The van der Waals surface area contributed by atoms with Crippen LogP contribution in [-0.4, -0.2) is 45.1 Å². The third-order valence-electron chi connectivity index (χ3n) is 4.89. The molecule has 4 rings (SSSR count). The van der Waals surface area contributed by atoms with Crippen LogP contribution in [0.1, 0.15) is 28.9 Å². The first kappa shape index (κ1) is 18.2. The maximum atomic E-state index is 12.3. The first-order chi connectivity index (χ1) is 13.7. The summed E-state index contributed by atoms with van der Waals surface area (Å²) in [6.07, 6.45) is 7.72. The minimum absolute atomic E-state index is 0.0803. The number of aromatic nitrogens is 4. The molecule has 1 aromatic carbocycles. The lowest BCUT2D eigenvalue weighted by atomic mass is 10.1. The molecule has 2 aromatic heterocycles. The topological polar surface area (TPSA) is 75.9 Å². The Morgan fingerprint density at radius 3 is 2.64 bits per heavy atom. The van der Waals surface area contributed by atoms with Gasteiger partial charge in [0.25, 0.3) is 5.91 Å². The van der Waals surface area contributed by atoms with E-state index in [1.165, 1.54) is 12.8 Å². The Morgan fingerprint density at radius 2 is 1.93 bits per heavy atom. The van der Waals surface area contributed by atoms with Gasteiger partial charge in [-0.3, -0.25) is 4.79 Å². The SMILES string of the molecule is Cc1cc(-c2ccc(C(=O)NCCn3ccnc3)cc2)nc(N2CCCC2)n1. The monoisotopic (exact) mass is 376 g/mol. The minimum atomic E-state index is -0.0803. The van der Waals surface area contributed by atoms with Crippen LogP contribution in [0.3, 0.4) is 0 Å². The first-order valence-corrected chi connectivity index (χ1v) is 9.64. The Morgan fingerprint density at radius 1 is 1.14 bits per heavy atom. The second kappa shape index (κ2) is 8.21. The van der Waals surface area contributed by atoms with Crippen molar-refractivity contribution in [3.8, 4) is 11.3 Å². The lowest BCUT2D eigenvalue weighted by molar-refractivity contribution is 0.0952. The number of nitrogens with one attached hydrogen (secondary N) is 1. The minimum Gasteiger partial charge on any atom is -0.350 e. The Kier molecular flexibility index (Phi) is 5.32. The molecule has 0 unspecified atom stereocenters. The predicted molar refractivity (Wildman–Crippen MR) is 108 cm³/mol. The summed E-state index contributed by atoms with van der Waals surface area (Å²) in [4.78, 5) is 27.9. The number of imidazole rings is 1. The third-order valence-corrected chi connectivity index (χ3v) is 4.89. The molecular weight excluding hydrogens is 352 g/mol. The molecular formula is C21H24N6O. The van der Waals surface area contributed by atoms with Gasteiger partial charge in [-0.25, -0.2) is 15.0 Å². The van der Waals surface area contributed by atoms with Crippen LogP contribution < -0.4 is 10.2 Å². The van der Waals surface area contributed by atoms with Crippen molar-refractivity contribution in [3.05, 3.63) is 60.3 Å². The normalized spacial score (nSPS) is 13.7. The van der Waals surface area contributed by atoms with Gasteiger partial charge in [0.2, 0.25) is 5.95 Å². The molecule has 0 radical (unpaired) electrons. The highest BCUT2D eigenvalue weighted by Gasteiger charge is 2.16. The molecule has 1 aliphatic rings. The average Bonchev–Trinajstić information content (AvgIpc) is 3.42. The summed E-state index contributed by atoms with van der Waals surface area (Å²) in [6, 6.07) is 9.56. The summed E-state index contributed by atoms with van der Waals surface area (Å²) in [5.74, 6) is 0.720. The number of amides is 1. The molecule has 1 saturated heterocycles. The zero-order valence-corrected chi connectivity index (χ0v) is 16.0. The molecule has 3 aromatic rings. The third kappa shape index (κ3) is 4.19. The first-order valence-electron chi connectivity index (χ1n) is 9.64. The van der Waals surface area contributed by atoms with Crippen molar-refractivity contribution >= 4 is 11.9 Å².